The van der Waals surface area contributed by atoms with E-state index in [-0.39, 0.29) is 12.7 Å². The number of rotatable bonds is 8. The molecular weight excluding hydrogens is 192 g/mol. The quantitative estimate of drug-likeness (QED) is 0.372. The first-order chi connectivity index (χ1) is 7.19. The fourth-order valence-corrected chi connectivity index (χ4v) is 1.86. The van der Waals surface area contributed by atoms with Crippen molar-refractivity contribution in [3.8, 4) is 0 Å². The van der Waals surface area contributed by atoms with Crippen LogP contribution in [-0.4, -0.2) is 23.1 Å². The average molecular weight is 216 g/mol. The Balaban J connectivity index is 4.26. The minimum absolute atomic E-state index is 0.00515. The van der Waals surface area contributed by atoms with Gasteiger partial charge >= 0.3 is 0 Å². The van der Waals surface area contributed by atoms with Gasteiger partial charge in [-0.1, -0.05) is 39.7 Å². The van der Waals surface area contributed by atoms with Crippen molar-refractivity contribution in [2.45, 2.75) is 52.6 Å². The van der Waals surface area contributed by atoms with Crippen LogP contribution in [0.5, 0.6) is 0 Å². The van der Waals surface area contributed by atoms with Crippen molar-refractivity contribution in [2.24, 2.45) is 5.92 Å². The molecule has 0 aromatic heterocycles. The third kappa shape index (κ3) is 5.92. The van der Waals surface area contributed by atoms with E-state index in [0.29, 0.717) is 5.92 Å². The summed E-state index contributed by atoms with van der Waals surface area (Å²) in [5.41, 5.74) is 0.975. The Bertz CT molecular complexity index is 178. The van der Waals surface area contributed by atoms with Gasteiger partial charge in [-0.15, -0.1) is 0 Å². The highest BCUT2D eigenvalue weighted by molar-refractivity contribution is 5.08. The fourth-order valence-electron chi connectivity index (χ4n) is 1.86. The van der Waals surface area contributed by atoms with E-state index in [1.54, 1.807) is 6.08 Å². The predicted molar refractivity (Wildman–Crippen MR) is 61.7 cm³/mol. The van der Waals surface area contributed by atoms with Crippen molar-refractivity contribution in [1.29, 1.82) is 0 Å². The van der Waals surface area contributed by atoms with E-state index in [2.05, 4.69) is 18.7 Å². The standard InChI is InChI=1S/C12H24O3/c1-4-6-10(3)9-12(15-14)11(5-2)7-8-13/h7,10,12-14H,4-6,8-9H2,1-3H3/b11-7-. The highest BCUT2D eigenvalue weighted by Crippen LogP contribution is 2.21. The second-order valence-corrected chi connectivity index (χ2v) is 4.04. The van der Waals surface area contributed by atoms with Crippen LogP contribution in [0.25, 0.3) is 0 Å². The summed E-state index contributed by atoms with van der Waals surface area (Å²) in [7, 11) is 0. The number of hydrogen-bond donors (Lipinski definition) is 2. The summed E-state index contributed by atoms with van der Waals surface area (Å²) in [5, 5.41) is 17.7. The van der Waals surface area contributed by atoms with E-state index < -0.39 is 0 Å². The molecule has 0 aromatic carbocycles. The van der Waals surface area contributed by atoms with Crippen LogP contribution in [-0.2, 0) is 4.89 Å². The maximum absolute atomic E-state index is 8.85. The zero-order chi connectivity index (χ0) is 11.7. The van der Waals surface area contributed by atoms with Gasteiger partial charge in [0.15, 0.2) is 0 Å². The van der Waals surface area contributed by atoms with Crippen LogP contribution in [0.4, 0.5) is 0 Å². The summed E-state index contributed by atoms with van der Waals surface area (Å²) in [5.74, 6) is 0.529. The van der Waals surface area contributed by atoms with Gasteiger partial charge in [0, 0.05) is 0 Å². The molecule has 0 saturated heterocycles. The molecule has 0 heterocycles. The Morgan fingerprint density at radius 3 is 2.47 bits per heavy atom. The molecule has 15 heavy (non-hydrogen) atoms. The van der Waals surface area contributed by atoms with E-state index in [0.717, 1.165) is 31.3 Å². The van der Waals surface area contributed by atoms with E-state index in [9.17, 15) is 0 Å². The van der Waals surface area contributed by atoms with Crippen LogP contribution >= 0.6 is 0 Å². The van der Waals surface area contributed by atoms with Crippen LogP contribution in [0, 0.1) is 5.92 Å². The van der Waals surface area contributed by atoms with Crippen molar-refractivity contribution in [1.82, 2.24) is 0 Å². The summed E-state index contributed by atoms with van der Waals surface area (Å²) in [6.07, 6.45) is 5.35. The van der Waals surface area contributed by atoms with Gasteiger partial charge in [-0.2, -0.15) is 0 Å². The first-order valence-electron chi connectivity index (χ1n) is 5.79. The molecule has 0 fully saturated rings. The third-order valence-electron chi connectivity index (χ3n) is 2.70. The van der Waals surface area contributed by atoms with Crippen molar-refractivity contribution in [2.75, 3.05) is 6.61 Å². The highest BCUT2D eigenvalue weighted by Gasteiger charge is 2.16. The zero-order valence-electron chi connectivity index (χ0n) is 10.1. The van der Waals surface area contributed by atoms with Gasteiger partial charge in [-0.05, 0) is 24.3 Å². The van der Waals surface area contributed by atoms with Crippen LogP contribution in [0.3, 0.4) is 0 Å². The molecule has 0 spiro atoms. The molecule has 2 N–H and O–H groups in total. The first kappa shape index (κ1) is 14.6. The highest BCUT2D eigenvalue weighted by atomic mass is 17.1. The van der Waals surface area contributed by atoms with Gasteiger partial charge in [0.2, 0.25) is 0 Å². The van der Waals surface area contributed by atoms with Crippen molar-refractivity contribution < 1.29 is 15.3 Å². The fraction of sp³-hybridized carbons (Fsp3) is 0.833. The molecule has 90 valence electrons. The Morgan fingerprint density at radius 1 is 1.40 bits per heavy atom. The van der Waals surface area contributed by atoms with Gasteiger partial charge in [0.1, 0.15) is 6.10 Å². The van der Waals surface area contributed by atoms with E-state index >= 15 is 0 Å². The smallest absolute Gasteiger partial charge is 0.114 e. The van der Waals surface area contributed by atoms with Gasteiger partial charge in [0.25, 0.3) is 0 Å². The minimum Gasteiger partial charge on any atom is -0.392 e. The maximum Gasteiger partial charge on any atom is 0.114 e. The van der Waals surface area contributed by atoms with E-state index in [4.69, 9.17) is 10.4 Å². The van der Waals surface area contributed by atoms with Crippen LogP contribution < -0.4 is 0 Å². The second-order valence-electron chi connectivity index (χ2n) is 4.04. The Kier molecular flexibility index (Phi) is 8.67. The Hall–Kier alpha value is -0.380. The molecular formula is C12H24O3. The van der Waals surface area contributed by atoms with Gasteiger partial charge in [-0.25, -0.2) is 4.89 Å². The lowest BCUT2D eigenvalue weighted by Gasteiger charge is -2.20. The minimum atomic E-state index is -0.260. The average Bonchev–Trinajstić information content (AvgIpc) is 2.23. The largest absolute Gasteiger partial charge is 0.392 e. The maximum atomic E-state index is 8.85. The van der Waals surface area contributed by atoms with Crippen molar-refractivity contribution >= 4 is 0 Å². The molecule has 0 aliphatic carbocycles. The topological polar surface area (TPSA) is 49.7 Å². The van der Waals surface area contributed by atoms with Gasteiger partial charge < -0.3 is 5.11 Å². The Labute approximate surface area is 92.7 Å². The summed E-state index contributed by atoms with van der Waals surface area (Å²) in [6.45, 7) is 6.31. The predicted octanol–water partition coefficient (Wildman–Crippen LogP) is 3.00. The molecule has 3 heteroatoms. The second kappa shape index (κ2) is 8.89. The lowest BCUT2D eigenvalue weighted by molar-refractivity contribution is -0.272. The zero-order valence-corrected chi connectivity index (χ0v) is 10.1. The lowest BCUT2D eigenvalue weighted by Crippen LogP contribution is -2.18. The summed E-state index contributed by atoms with van der Waals surface area (Å²) in [4.78, 5) is 4.49. The summed E-state index contributed by atoms with van der Waals surface area (Å²) >= 11 is 0. The van der Waals surface area contributed by atoms with Crippen molar-refractivity contribution in [3.63, 3.8) is 0 Å². The van der Waals surface area contributed by atoms with Gasteiger partial charge in [-0.3, -0.25) is 5.26 Å². The molecule has 0 rings (SSSR count). The molecule has 0 bridgehead atoms. The van der Waals surface area contributed by atoms with Crippen LogP contribution in [0.2, 0.25) is 0 Å². The third-order valence-corrected chi connectivity index (χ3v) is 2.70. The van der Waals surface area contributed by atoms with Crippen molar-refractivity contribution in [3.05, 3.63) is 11.6 Å². The molecule has 0 aliphatic rings. The molecule has 0 aliphatic heterocycles. The molecule has 0 amide bonds. The number of aliphatic hydroxyl groups is 1. The summed E-state index contributed by atoms with van der Waals surface area (Å²) < 4.78 is 0. The lowest BCUT2D eigenvalue weighted by atomic mass is 9.93. The SMILES string of the molecule is CCCC(C)CC(OO)/C(=C\CO)CC. The molecule has 2 atom stereocenters. The van der Waals surface area contributed by atoms with Gasteiger partial charge in [0.05, 0.1) is 6.61 Å². The molecule has 3 nitrogen and oxygen atoms in total. The molecule has 2 unspecified atom stereocenters. The number of hydrogen-bond acceptors (Lipinski definition) is 3. The van der Waals surface area contributed by atoms with E-state index in [1.807, 2.05) is 6.92 Å². The molecule has 0 aromatic rings. The molecule has 0 saturated carbocycles. The Morgan fingerprint density at radius 2 is 2.07 bits per heavy atom. The summed E-state index contributed by atoms with van der Waals surface area (Å²) in [6, 6.07) is 0. The monoisotopic (exact) mass is 216 g/mol. The normalized spacial score (nSPS) is 16.5. The van der Waals surface area contributed by atoms with Crippen LogP contribution in [0.15, 0.2) is 11.6 Å². The first-order valence-corrected chi connectivity index (χ1v) is 5.79. The van der Waals surface area contributed by atoms with E-state index in [1.165, 1.54) is 0 Å². The van der Waals surface area contributed by atoms with Crippen LogP contribution in [0.1, 0.15) is 46.5 Å². The number of aliphatic hydroxyl groups excluding tert-OH is 1. The molecule has 0 radical (unpaired) electrons.